The maximum Gasteiger partial charge on any atom is 0.207 e. The molecule has 1 saturated carbocycles. The van der Waals surface area contributed by atoms with Crippen LogP contribution >= 0.6 is 0 Å². The summed E-state index contributed by atoms with van der Waals surface area (Å²) < 4.78 is 20.1. The van der Waals surface area contributed by atoms with Crippen molar-refractivity contribution in [2.75, 3.05) is 22.9 Å². The number of anilines is 3. The van der Waals surface area contributed by atoms with Crippen LogP contribution in [0.4, 0.5) is 17.2 Å². The lowest BCUT2D eigenvalue weighted by atomic mass is 10.0. The highest BCUT2D eigenvalue weighted by Gasteiger charge is 2.27. The number of ether oxygens (including phenoxy) is 1. The van der Waals surface area contributed by atoms with E-state index in [1.54, 1.807) is 7.11 Å². The molecule has 3 atom stereocenters. The van der Waals surface area contributed by atoms with Crippen LogP contribution in [0.1, 0.15) is 50.3 Å². The topological polar surface area (TPSA) is 108 Å². The fourth-order valence-electron chi connectivity index (χ4n) is 3.76. The molecule has 0 saturated heterocycles. The highest BCUT2D eigenvalue weighted by Crippen LogP contribution is 2.36. The zero-order valence-electron chi connectivity index (χ0n) is 17.7. The van der Waals surface area contributed by atoms with Gasteiger partial charge in [0.2, 0.25) is 6.41 Å². The number of carbonyl (C=O) groups excluding carboxylic acids is 1. The fourth-order valence-corrected chi connectivity index (χ4v) is 4.69. The Morgan fingerprint density at radius 1 is 1.33 bits per heavy atom. The van der Waals surface area contributed by atoms with Crippen molar-refractivity contribution in [2.24, 2.45) is 0 Å². The number of benzene rings is 1. The first-order chi connectivity index (χ1) is 14.5. The third-order valence-corrected chi connectivity index (χ3v) is 6.38. The van der Waals surface area contributed by atoms with Crippen LogP contribution in [0.5, 0.6) is 0 Å². The zero-order chi connectivity index (χ0) is 21.5. The van der Waals surface area contributed by atoms with Crippen LogP contribution in [0.2, 0.25) is 0 Å². The molecular formula is C21H31N5O3S. The van der Waals surface area contributed by atoms with Crippen LogP contribution in [0.25, 0.3) is 0 Å². The second-order valence-electron chi connectivity index (χ2n) is 7.87. The largest absolute Gasteiger partial charge is 0.381 e. The quantitative estimate of drug-likeness (QED) is 0.523. The molecule has 9 heteroatoms. The number of nitrogens with zero attached hydrogens (tertiary/aromatic N) is 1. The zero-order valence-corrected chi connectivity index (χ0v) is 18.6. The summed E-state index contributed by atoms with van der Waals surface area (Å²) in [5.74, 6) is 1.95. The lowest BCUT2D eigenvalue weighted by Gasteiger charge is -2.20. The normalized spacial score (nSPS) is 22.5. The molecular weight excluding hydrogens is 402 g/mol. The molecule has 8 nitrogen and oxygen atoms in total. The van der Waals surface area contributed by atoms with E-state index in [-0.39, 0.29) is 6.04 Å². The first-order valence-electron chi connectivity index (χ1n) is 10.3. The van der Waals surface area contributed by atoms with Crippen molar-refractivity contribution in [3.8, 4) is 0 Å². The van der Waals surface area contributed by atoms with Gasteiger partial charge < -0.3 is 20.1 Å². The van der Waals surface area contributed by atoms with Gasteiger partial charge in [-0.1, -0.05) is 6.07 Å². The number of hydrogen-bond donors (Lipinski definition) is 4. The Labute approximate surface area is 180 Å². The highest BCUT2D eigenvalue weighted by atomic mass is 32.2. The Hall–Kier alpha value is -2.39. The van der Waals surface area contributed by atoms with Crippen molar-refractivity contribution >= 4 is 34.6 Å². The molecule has 2 heterocycles. The molecule has 3 unspecified atom stereocenters. The van der Waals surface area contributed by atoms with E-state index in [1.165, 1.54) is 11.3 Å². The molecule has 1 aliphatic heterocycles. The summed E-state index contributed by atoms with van der Waals surface area (Å²) in [6, 6.07) is 8.35. The number of methoxy groups -OCH3 is 1. The van der Waals surface area contributed by atoms with Crippen LogP contribution in [-0.4, -0.2) is 45.8 Å². The maximum atomic E-state index is 11.6. The highest BCUT2D eigenvalue weighted by molar-refractivity contribution is 7.86. The lowest BCUT2D eigenvalue weighted by molar-refractivity contribution is -0.109. The second kappa shape index (κ2) is 10.6. The van der Waals surface area contributed by atoms with Gasteiger partial charge in [-0.05, 0) is 51.7 Å². The first kappa shape index (κ1) is 22.3. The van der Waals surface area contributed by atoms with Gasteiger partial charge in [-0.15, -0.1) is 0 Å². The minimum Gasteiger partial charge on any atom is -0.381 e. The van der Waals surface area contributed by atoms with E-state index in [0.717, 1.165) is 42.9 Å². The summed E-state index contributed by atoms with van der Waals surface area (Å²) in [5, 5.41) is 13.5. The third-order valence-electron chi connectivity index (χ3n) is 5.36. The van der Waals surface area contributed by atoms with E-state index in [1.807, 2.05) is 32.0 Å². The Kier molecular flexibility index (Phi) is 7.87. The molecule has 4 rings (SSSR count). The van der Waals surface area contributed by atoms with Gasteiger partial charge in [0.1, 0.15) is 11.0 Å². The second-order valence-corrected chi connectivity index (χ2v) is 9.18. The summed E-state index contributed by atoms with van der Waals surface area (Å²) in [6.07, 6.45) is 5.16. The average Bonchev–Trinajstić information content (AvgIpc) is 3.37. The number of amides is 1. The standard InChI is InChI=1S/C17H22N4O2S.C4H9NO/c1-23-12-6-5-11(9-12)16-10-17(20-19-16)18-14-3-2-4-15-13(14)7-8-24(22)21-15;1-4(2)5-3-6/h2-4,10-12,21H,5-9H2,1H3,(H2,18,19,20);3-4H,1-2H3,(H,5,6). The summed E-state index contributed by atoms with van der Waals surface area (Å²) in [6.45, 7) is 3.82. The van der Waals surface area contributed by atoms with Gasteiger partial charge in [-0.2, -0.15) is 5.10 Å². The predicted molar refractivity (Wildman–Crippen MR) is 120 cm³/mol. The number of fused-ring (bicyclic) bond motifs is 1. The number of carbonyl (C=O) groups is 1. The number of H-pyrrole nitrogens is 1. The molecule has 2 aliphatic rings. The van der Waals surface area contributed by atoms with E-state index in [9.17, 15) is 9.00 Å². The molecule has 0 bridgehead atoms. The van der Waals surface area contributed by atoms with Crippen LogP contribution in [0.3, 0.4) is 0 Å². The molecule has 1 aliphatic carbocycles. The smallest absolute Gasteiger partial charge is 0.207 e. The van der Waals surface area contributed by atoms with Gasteiger partial charge in [0.25, 0.3) is 0 Å². The van der Waals surface area contributed by atoms with Crippen molar-refractivity contribution in [1.29, 1.82) is 0 Å². The molecule has 0 radical (unpaired) electrons. The molecule has 1 amide bonds. The van der Waals surface area contributed by atoms with E-state index in [4.69, 9.17) is 4.74 Å². The Morgan fingerprint density at radius 3 is 2.83 bits per heavy atom. The number of hydrogen-bond acceptors (Lipinski definition) is 5. The van der Waals surface area contributed by atoms with E-state index in [0.29, 0.717) is 24.2 Å². The molecule has 4 N–H and O–H groups in total. The Morgan fingerprint density at radius 2 is 2.17 bits per heavy atom. The number of rotatable bonds is 6. The minimum atomic E-state index is -0.970. The third kappa shape index (κ3) is 5.82. The molecule has 1 fully saturated rings. The van der Waals surface area contributed by atoms with Gasteiger partial charge >= 0.3 is 0 Å². The minimum absolute atomic E-state index is 0.280. The van der Waals surface area contributed by atoms with Crippen molar-refractivity contribution in [3.63, 3.8) is 0 Å². The summed E-state index contributed by atoms with van der Waals surface area (Å²) in [4.78, 5) is 9.50. The summed E-state index contributed by atoms with van der Waals surface area (Å²) in [7, 11) is 0.814. The van der Waals surface area contributed by atoms with Gasteiger partial charge in [-0.25, -0.2) is 4.21 Å². The van der Waals surface area contributed by atoms with Crippen molar-refractivity contribution in [3.05, 3.63) is 35.5 Å². The Bertz CT molecular complexity index is 870. The fraction of sp³-hybridized carbons (Fsp3) is 0.524. The maximum absolute atomic E-state index is 11.6. The van der Waals surface area contributed by atoms with Gasteiger partial charge in [0.15, 0.2) is 5.82 Å². The number of aromatic amines is 1. The summed E-state index contributed by atoms with van der Waals surface area (Å²) in [5.41, 5.74) is 4.30. The van der Waals surface area contributed by atoms with E-state index in [2.05, 4.69) is 31.6 Å². The number of nitrogens with one attached hydrogen (secondary N) is 4. The molecule has 1 aromatic carbocycles. The van der Waals surface area contributed by atoms with Gasteiger partial charge in [0, 0.05) is 47.8 Å². The van der Waals surface area contributed by atoms with E-state index >= 15 is 0 Å². The van der Waals surface area contributed by atoms with Crippen molar-refractivity contribution in [1.82, 2.24) is 15.5 Å². The molecule has 30 heavy (non-hydrogen) atoms. The van der Waals surface area contributed by atoms with Gasteiger partial charge in [0.05, 0.1) is 11.8 Å². The lowest BCUT2D eigenvalue weighted by Crippen LogP contribution is -2.19. The van der Waals surface area contributed by atoms with E-state index < -0.39 is 11.0 Å². The molecule has 0 spiro atoms. The molecule has 1 aromatic heterocycles. The van der Waals surface area contributed by atoms with Crippen LogP contribution in [-0.2, 0) is 26.9 Å². The van der Waals surface area contributed by atoms with Crippen LogP contribution in [0, 0.1) is 0 Å². The van der Waals surface area contributed by atoms with Gasteiger partial charge in [-0.3, -0.25) is 9.89 Å². The van der Waals surface area contributed by atoms with Crippen molar-refractivity contribution < 1.29 is 13.7 Å². The average molecular weight is 434 g/mol. The Balaban J connectivity index is 0.000000377. The predicted octanol–water partition coefficient (Wildman–Crippen LogP) is 3.21. The molecule has 2 aromatic rings. The first-order valence-corrected chi connectivity index (χ1v) is 11.6. The SMILES string of the molecule is CC(C)NC=O.COC1CCC(c2cc(Nc3cccc4c3CCS(=O)N4)n[nH]2)C1. The molecule has 164 valence electrons. The van der Waals surface area contributed by atoms with Crippen molar-refractivity contribution in [2.45, 2.75) is 57.6 Å². The summed E-state index contributed by atoms with van der Waals surface area (Å²) >= 11 is 0. The van der Waals surface area contributed by atoms with Crippen LogP contribution in [0.15, 0.2) is 24.3 Å². The monoisotopic (exact) mass is 433 g/mol. The van der Waals surface area contributed by atoms with Crippen LogP contribution < -0.4 is 15.4 Å². The number of aromatic nitrogens is 2.